The fraction of sp³-hybridized carbons (Fsp3) is 0.667. The molecule has 0 unspecified atom stereocenters. The largest absolute Gasteiger partial charge is 0.377 e. The van der Waals surface area contributed by atoms with Crippen molar-refractivity contribution in [2.45, 2.75) is 13.0 Å². The maximum Gasteiger partial charge on any atom is 0.177 e. The summed E-state index contributed by atoms with van der Waals surface area (Å²) in [6.45, 7) is 4.72. The normalized spacial score (nSPS) is 19.5. The lowest BCUT2D eigenvalue weighted by molar-refractivity contribution is 0.103. The second kappa shape index (κ2) is 4.25. The molecule has 1 N–H and O–H groups in total. The second-order valence-electron chi connectivity index (χ2n) is 3.41. The first-order valence-corrected chi connectivity index (χ1v) is 5.12. The van der Waals surface area contributed by atoms with Crippen LogP contribution in [0.2, 0.25) is 0 Å². The van der Waals surface area contributed by atoms with Crippen molar-refractivity contribution in [1.29, 1.82) is 0 Å². The van der Waals surface area contributed by atoms with Crippen LogP contribution < -0.4 is 0 Å². The molecule has 0 spiro atoms. The Balaban J connectivity index is 2.24. The summed E-state index contributed by atoms with van der Waals surface area (Å²) in [6.07, 6.45) is 1.91. The number of nitrogens with zero attached hydrogens (tertiary/aromatic N) is 1. The molecule has 0 bridgehead atoms. The van der Waals surface area contributed by atoms with Gasteiger partial charge in [-0.2, -0.15) is 0 Å². The Kier molecular flexibility index (Phi) is 3.00. The summed E-state index contributed by atoms with van der Waals surface area (Å²) in [6, 6.07) is 0.205. The van der Waals surface area contributed by atoms with Crippen LogP contribution in [0.4, 0.5) is 0 Å². The minimum absolute atomic E-state index is 0.205. The van der Waals surface area contributed by atoms with Gasteiger partial charge in [0.1, 0.15) is 0 Å². The van der Waals surface area contributed by atoms with Crippen LogP contribution in [0.25, 0.3) is 0 Å². The highest BCUT2D eigenvalue weighted by molar-refractivity contribution is 7.71. The zero-order valence-electron chi connectivity index (χ0n) is 8.16. The second-order valence-corrected chi connectivity index (χ2v) is 3.80. The standard InChI is InChI=1S/C9H14N2O2S/c1-7-4-10-9(14)11(7)8-5-12-2-3-13-6-8/h4,8H,2-3,5-6H2,1H3,(H,10,14). The van der Waals surface area contributed by atoms with Crippen molar-refractivity contribution in [3.05, 3.63) is 16.7 Å². The first-order chi connectivity index (χ1) is 6.79. The maximum atomic E-state index is 5.43. The molecule has 0 radical (unpaired) electrons. The Morgan fingerprint density at radius 2 is 2.07 bits per heavy atom. The Hall–Kier alpha value is -0.650. The van der Waals surface area contributed by atoms with E-state index in [1.807, 2.05) is 13.1 Å². The summed E-state index contributed by atoms with van der Waals surface area (Å²) in [5.74, 6) is 0. The van der Waals surface area contributed by atoms with E-state index in [4.69, 9.17) is 21.7 Å². The van der Waals surface area contributed by atoms with E-state index < -0.39 is 0 Å². The SMILES string of the molecule is Cc1c[nH]c(=S)n1C1COCCOC1. The molecule has 14 heavy (non-hydrogen) atoms. The highest BCUT2D eigenvalue weighted by Gasteiger charge is 2.16. The van der Waals surface area contributed by atoms with Crippen molar-refractivity contribution >= 4 is 12.2 Å². The number of imidazole rings is 1. The molecule has 1 aromatic heterocycles. The Bertz CT molecular complexity index is 350. The molecular formula is C9H14N2O2S. The van der Waals surface area contributed by atoms with Gasteiger partial charge in [-0.3, -0.25) is 0 Å². The van der Waals surface area contributed by atoms with Crippen molar-refractivity contribution in [3.63, 3.8) is 0 Å². The van der Waals surface area contributed by atoms with Gasteiger partial charge in [-0.25, -0.2) is 0 Å². The van der Waals surface area contributed by atoms with Gasteiger partial charge in [-0.05, 0) is 19.1 Å². The van der Waals surface area contributed by atoms with Crippen LogP contribution in [-0.2, 0) is 9.47 Å². The molecular weight excluding hydrogens is 200 g/mol. The fourth-order valence-electron chi connectivity index (χ4n) is 1.67. The molecule has 0 saturated carbocycles. The average Bonchev–Trinajstić information content (AvgIpc) is 2.45. The van der Waals surface area contributed by atoms with Gasteiger partial charge >= 0.3 is 0 Å². The smallest absolute Gasteiger partial charge is 0.177 e. The number of rotatable bonds is 1. The molecule has 1 aromatic rings. The number of nitrogens with one attached hydrogen (secondary N) is 1. The molecule has 1 aliphatic rings. The van der Waals surface area contributed by atoms with Crippen LogP contribution >= 0.6 is 12.2 Å². The van der Waals surface area contributed by atoms with Crippen molar-refractivity contribution in [3.8, 4) is 0 Å². The van der Waals surface area contributed by atoms with Gasteiger partial charge in [0.15, 0.2) is 4.77 Å². The molecule has 1 aliphatic heterocycles. The predicted molar refractivity (Wildman–Crippen MR) is 55.0 cm³/mol. The third-order valence-corrected chi connectivity index (χ3v) is 2.68. The topological polar surface area (TPSA) is 39.2 Å². The Morgan fingerprint density at radius 3 is 2.57 bits per heavy atom. The van der Waals surface area contributed by atoms with E-state index in [-0.39, 0.29) is 6.04 Å². The molecule has 1 saturated heterocycles. The maximum absolute atomic E-state index is 5.43. The molecule has 78 valence electrons. The fourth-order valence-corrected chi connectivity index (χ4v) is 2.03. The molecule has 0 atom stereocenters. The van der Waals surface area contributed by atoms with Gasteiger partial charge in [-0.15, -0.1) is 0 Å². The van der Waals surface area contributed by atoms with Crippen molar-refractivity contribution in [2.75, 3.05) is 26.4 Å². The molecule has 0 amide bonds. The summed E-state index contributed by atoms with van der Waals surface area (Å²) in [4.78, 5) is 3.02. The number of H-pyrrole nitrogens is 1. The summed E-state index contributed by atoms with van der Waals surface area (Å²) < 4.78 is 13.7. The third-order valence-electron chi connectivity index (χ3n) is 2.36. The van der Waals surface area contributed by atoms with Crippen molar-refractivity contribution in [1.82, 2.24) is 9.55 Å². The lowest BCUT2D eigenvalue weighted by Gasteiger charge is -2.16. The van der Waals surface area contributed by atoms with Gasteiger partial charge in [0, 0.05) is 11.9 Å². The number of hydrogen-bond donors (Lipinski definition) is 1. The lowest BCUT2D eigenvalue weighted by Crippen LogP contribution is -2.19. The van der Waals surface area contributed by atoms with E-state index in [1.165, 1.54) is 0 Å². The van der Waals surface area contributed by atoms with Crippen LogP contribution in [-0.4, -0.2) is 36.0 Å². The van der Waals surface area contributed by atoms with Gasteiger partial charge in [0.25, 0.3) is 0 Å². The quantitative estimate of drug-likeness (QED) is 0.719. The minimum atomic E-state index is 0.205. The van der Waals surface area contributed by atoms with E-state index in [2.05, 4.69) is 9.55 Å². The molecule has 0 aliphatic carbocycles. The molecule has 1 fully saturated rings. The predicted octanol–water partition coefficient (Wildman–Crippen LogP) is 1.44. The summed E-state index contributed by atoms with van der Waals surface area (Å²) in [5.41, 5.74) is 1.12. The van der Waals surface area contributed by atoms with E-state index in [0.717, 1.165) is 10.5 Å². The van der Waals surface area contributed by atoms with E-state index in [9.17, 15) is 0 Å². The highest BCUT2D eigenvalue weighted by Crippen LogP contribution is 2.14. The Labute approximate surface area is 87.8 Å². The van der Waals surface area contributed by atoms with E-state index >= 15 is 0 Å². The van der Waals surface area contributed by atoms with Crippen LogP contribution in [0.15, 0.2) is 6.20 Å². The van der Waals surface area contributed by atoms with Gasteiger partial charge < -0.3 is 19.0 Å². The van der Waals surface area contributed by atoms with Crippen molar-refractivity contribution in [2.24, 2.45) is 0 Å². The molecule has 5 heteroatoms. The summed E-state index contributed by atoms with van der Waals surface area (Å²) in [5, 5.41) is 0. The van der Waals surface area contributed by atoms with Crippen LogP contribution in [0.5, 0.6) is 0 Å². The highest BCUT2D eigenvalue weighted by atomic mass is 32.1. The van der Waals surface area contributed by atoms with E-state index in [1.54, 1.807) is 0 Å². The number of hydrogen-bond acceptors (Lipinski definition) is 3. The van der Waals surface area contributed by atoms with Gasteiger partial charge in [0.05, 0.1) is 32.5 Å². The Morgan fingerprint density at radius 1 is 1.43 bits per heavy atom. The van der Waals surface area contributed by atoms with Crippen LogP contribution in [0.3, 0.4) is 0 Å². The van der Waals surface area contributed by atoms with Crippen LogP contribution in [0, 0.1) is 11.7 Å². The first kappa shape index (κ1) is 9.89. The average molecular weight is 214 g/mol. The number of aryl methyl sites for hydroxylation is 1. The molecule has 4 nitrogen and oxygen atoms in total. The number of aromatic nitrogens is 2. The minimum Gasteiger partial charge on any atom is -0.377 e. The number of aromatic amines is 1. The van der Waals surface area contributed by atoms with Gasteiger partial charge in [-0.1, -0.05) is 0 Å². The van der Waals surface area contributed by atoms with E-state index in [0.29, 0.717) is 26.4 Å². The van der Waals surface area contributed by atoms with Crippen molar-refractivity contribution < 1.29 is 9.47 Å². The molecule has 0 aromatic carbocycles. The summed E-state index contributed by atoms with van der Waals surface area (Å²) in [7, 11) is 0. The lowest BCUT2D eigenvalue weighted by atomic mass is 10.3. The monoisotopic (exact) mass is 214 g/mol. The number of ether oxygens (including phenoxy) is 2. The molecule has 2 rings (SSSR count). The zero-order valence-corrected chi connectivity index (χ0v) is 8.97. The first-order valence-electron chi connectivity index (χ1n) is 4.71. The third kappa shape index (κ3) is 1.89. The summed E-state index contributed by atoms with van der Waals surface area (Å²) >= 11 is 5.19. The van der Waals surface area contributed by atoms with Gasteiger partial charge in [0.2, 0.25) is 0 Å². The molecule has 2 heterocycles. The zero-order chi connectivity index (χ0) is 9.97. The van der Waals surface area contributed by atoms with Crippen LogP contribution in [0.1, 0.15) is 11.7 Å².